The molecular formula is C26H29N5O4S. The lowest BCUT2D eigenvalue weighted by atomic mass is 10.0. The summed E-state index contributed by atoms with van der Waals surface area (Å²) in [7, 11) is 0. The van der Waals surface area contributed by atoms with E-state index in [4.69, 9.17) is 26.5 Å². The van der Waals surface area contributed by atoms with Gasteiger partial charge in [0.15, 0.2) is 12.1 Å². The number of carbonyl (C=O) groups excluding carboxylic acids is 1. The highest BCUT2D eigenvalue weighted by atomic mass is 32.2. The van der Waals surface area contributed by atoms with E-state index in [2.05, 4.69) is 39.3 Å². The first-order chi connectivity index (χ1) is 17.5. The number of benzene rings is 3. The highest BCUT2D eigenvalue weighted by molar-refractivity contribution is 7.99. The van der Waals surface area contributed by atoms with Crippen molar-refractivity contribution in [3.63, 3.8) is 0 Å². The molecule has 0 aliphatic carbocycles. The van der Waals surface area contributed by atoms with Gasteiger partial charge >= 0.3 is 5.97 Å². The van der Waals surface area contributed by atoms with E-state index in [9.17, 15) is 4.79 Å². The van der Waals surface area contributed by atoms with E-state index in [1.165, 1.54) is 9.79 Å². The van der Waals surface area contributed by atoms with E-state index < -0.39 is 18.1 Å². The molecule has 0 saturated carbocycles. The monoisotopic (exact) mass is 507 g/mol. The van der Waals surface area contributed by atoms with Crippen LogP contribution in [0.15, 0.2) is 82.6 Å². The normalized spacial score (nSPS) is 13.7. The molecule has 1 aliphatic heterocycles. The van der Waals surface area contributed by atoms with E-state index >= 15 is 0 Å². The largest absolute Gasteiger partial charge is 0.492 e. The van der Waals surface area contributed by atoms with Gasteiger partial charge in [0, 0.05) is 16.4 Å². The van der Waals surface area contributed by atoms with E-state index in [1.54, 1.807) is 43.0 Å². The summed E-state index contributed by atoms with van der Waals surface area (Å²) in [6, 6.07) is 23.1. The first-order valence-electron chi connectivity index (χ1n) is 11.5. The van der Waals surface area contributed by atoms with Crippen LogP contribution in [0.2, 0.25) is 0 Å². The smallest absolute Gasteiger partial charge is 0.356 e. The molecule has 2 unspecified atom stereocenters. The summed E-state index contributed by atoms with van der Waals surface area (Å²) in [5.74, 6) is 4.67. The molecule has 0 spiro atoms. The molecule has 0 fully saturated rings. The van der Waals surface area contributed by atoms with Crippen molar-refractivity contribution in [1.29, 1.82) is 5.41 Å². The van der Waals surface area contributed by atoms with Crippen LogP contribution < -0.4 is 26.6 Å². The van der Waals surface area contributed by atoms with Gasteiger partial charge in [0.1, 0.15) is 12.4 Å². The standard InChI is InChI=1S/C26H29N5O4S/c1-2-33-24(25(32)35-29)23(30-26(27)28)17-11-13-18(14-12-17)34-16-15-31-19-7-3-5-9-21(19)36-22-10-6-4-8-20(22)31/h3-14,23-24H,2,15-16,29H2,1H3,(H4,27,28,30). The van der Waals surface area contributed by atoms with Crippen molar-refractivity contribution in [1.82, 2.24) is 5.32 Å². The summed E-state index contributed by atoms with van der Waals surface area (Å²) in [5, 5.41) is 10.4. The zero-order chi connectivity index (χ0) is 25.5. The minimum Gasteiger partial charge on any atom is -0.492 e. The average molecular weight is 508 g/mol. The lowest BCUT2D eigenvalue weighted by Gasteiger charge is -2.32. The fourth-order valence-corrected chi connectivity index (χ4v) is 5.19. The molecule has 6 N–H and O–H groups in total. The lowest BCUT2D eigenvalue weighted by Crippen LogP contribution is -2.45. The third-order valence-electron chi connectivity index (χ3n) is 5.66. The summed E-state index contributed by atoms with van der Waals surface area (Å²) in [4.78, 5) is 21.3. The van der Waals surface area contributed by atoms with Crippen molar-refractivity contribution >= 4 is 35.1 Å². The molecule has 4 rings (SSSR count). The van der Waals surface area contributed by atoms with Gasteiger partial charge in [0.2, 0.25) is 0 Å². The number of nitrogens with zero attached hydrogens (tertiary/aromatic N) is 1. The fraction of sp³-hybridized carbons (Fsp3) is 0.231. The van der Waals surface area contributed by atoms with Gasteiger partial charge in [-0.1, -0.05) is 48.2 Å². The van der Waals surface area contributed by atoms with Crippen molar-refractivity contribution in [2.75, 3.05) is 24.7 Å². The van der Waals surface area contributed by atoms with Gasteiger partial charge in [-0.25, -0.2) is 4.79 Å². The van der Waals surface area contributed by atoms with Crippen LogP contribution in [0.4, 0.5) is 11.4 Å². The third kappa shape index (κ3) is 5.73. The Hall–Kier alpha value is -3.73. The molecule has 0 amide bonds. The van der Waals surface area contributed by atoms with E-state index in [0.29, 0.717) is 24.5 Å². The van der Waals surface area contributed by atoms with E-state index in [-0.39, 0.29) is 12.6 Å². The summed E-state index contributed by atoms with van der Waals surface area (Å²) in [6.45, 7) is 3.12. The second-order valence-electron chi connectivity index (χ2n) is 7.96. The van der Waals surface area contributed by atoms with Gasteiger partial charge < -0.3 is 30.3 Å². The van der Waals surface area contributed by atoms with Crippen LogP contribution >= 0.6 is 11.8 Å². The third-order valence-corrected chi connectivity index (χ3v) is 6.79. The number of fused-ring (bicyclic) bond motifs is 2. The van der Waals surface area contributed by atoms with Gasteiger partial charge in [-0.15, -0.1) is 0 Å². The number of carbonyl (C=O) groups is 1. The van der Waals surface area contributed by atoms with Crippen LogP contribution in [0, 0.1) is 5.41 Å². The van der Waals surface area contributed by atoms with E-state index in [1.807, 2.05) is 24.3 Å². The molecule has 3 aromatic rings. The van der Waals surface area contributed by atoms with Gasteiger partial charge in [0.25, 0.3) is 0 Å². The predicted molar refractivity (Wildman–Crippen MR) is 139 cm³/mol. The Morgan fingerprint density at radius 3 is 2.19 bits per heavy atom. The fourth-order valence-electron chi connectivity index (χ4n) is 4.10. The van der Waals surface area contributed by atoms with Gasteiger partial charge in [-0.05, 0) is 48.9 Å². The zero-order valence-electron chi connectivity index (χ0n) is 19.8. The average Bonchev–Trinajstić information content (AvgIpc) is 2.90. The molecule has 0 radical (unpaired) electrons. The Bertz CT molecular complexity index is 1160. The van der Waals surface area contributed by atoms with Crippen LogP contribution in [-0.4, -0.2) is 37.8 Å². The molecule has 9 nitrogen and oxygen atoms in total. The Balaban J connectivity index is 1.46. The first kappa shape index (κ1) is 25.4. The maximum atomic E-state index is 12.2. The maximum absolute atomic E-state index is 12.2. The number of nitrogens with two attached hydrogens (primary N) is 2. The number of anilines is 2. The Morgan fingerprint density at radius 1 is 1.03 bits per heavy atom. The molecule has 188 valence electrons. The Labute approximate surface area is 214 Å². The van der Waals surface area contributed by atoms with Crippen LogP contribution in [0.3, 0.4) is 0 Å². The topological polar surface area (TPSA) is 136 Å². The van der Waals surface area contributed by atoms with Gasteiger partial charge in [0.05, 0.1) is 24.0 Å². The lowest BCUT2D eigenvalue weighted by molar-refractivity contribution is -0.159. The van der Waals surface area contributed by atoms with Crippen molar-refractivity contribution in [2.45, 2.75) is 28.9 Å². The number of nitrogens with one attached hydrogen (secondary N) is 2. The number of hydrogen-bond acceptors (Lipinski definition) is 8. The predicted octanol–water partition coefficient (Wildman–Crippen LogP) is 3.71. The second-order valence-corrected chi connectivity index (χ2v) is 9.04. The Kier molecular flexibility index (Phi) is 8.32. The van der Waals surface area contributed by atoms with Crippen molar-refractivity contribution in [2.24, 2.45) is 11.6 Å². The summed E-state index contributed by atoms with van der Waals surface area (Å²) in [6.07, 6.45) is -1.08. The first-order valence-corrected chi connectivity index (χ1v) is 12.3. The van der Waals surface area contributed by atoms with Crippen LogP contribution in [0.1, 0.15) is 18.5 Å². The second kappa shape index (κ2) is 11.8. The Morgan fingerprint density at radius 2 is 1.64 bits per heavy atom. The molecular weight excluding hydrogens is 478 g/mol. The van der Waals surface area contributed by atoms with Crippen LogP contribution in [-0.2, 0) is 14.4 Å². The van der Waals surface area contributed by atoms with Crippen LogP contribution in [0.25, 0.3) is 0 Å². The number of rotatable bonds is 10. The number of guanidine groups is 1. The molecule has 0 aromatic heterocycles. The van der Waals surface area contributed by atoms with E-state index in [0.717, 1.165) is 11.4 Å². The molecule has 1 heterocycles. The molecule has 36 heavy (non-hydrogen) atoms. The number of ether oxygens (including phenoxy) is 2. The summed E-state index contributed by atoms with van der Waals surface area (Å²) < 4.78 is 11.6. The molecule has 0 saturated heterocycles. The number of hydrogen-bond donors (Lipinski definition) is 4. The summed E-state index contributed by atoms with van der Waals surface area (Å²) in [5.41, 5.74) is 8.53. The zero-order valence-corrected chi connectivity index (χ0v) is 20.7. The minimum absolute atomic E-state index is 0.248. The van der Waals surface area contributed by atoms with Crippen molar-refractivity contribution in [3.05, 3.63) is 78.4 Å². The van der Waals surface area contributed by atoms with Crippen LogP contribution in [0.5, 0.6) is 5.75 Å². The molecule has 0 bridgehead atoms. The quantitative estimate of drug-likeness (QED) is 0.184. The molecule has 1 aliphatic rings. The van der Waals surface area contributed by atoms with Gasteiger partial charge in [-0.2, -0.15) is 5.90 Å². The van der Waals surface area contributed by atoms with Crippen molar-refractivity contribution < 1.29 is 19.1 Å². The maximum Gasteiger partial charge on any atom is 0.356 e. The molecule has 2 atom stereocenters. The summed E-state index contributed by atoms with van der Waals surface area (Å²) >= 11 is 1.77. The highest BCUT2D eigenvalue weighted by Gasteiger charge is 2.32. The highest BCUT2D eigenvalue weighted by Crippen LogP contribution is 2.47. The molecule has 3 aromatic carbocycles. The minimum atomic E-state index is -1.08. The SMILES string of the molecule is CCOC(C(=O)ON)C(NC(=N)N)c1ccc(OCCN2c3ccccc3Sc3ccccc32)cc1. The molecule has 10 heteroatoms. The van der Waals surface area contributed by atoms with Gasteiger partial charge in [-0.3, -0.25) is 5.41 Å². The van der Waals surface area contributed by atoms with Crippen molar-refractivity contribution in [3.8, 4) is 5.75 Å². The number of para-hydroxylation sites is 2.